The number of anilines is 1. The second-order valence-corrected chi connectivity index (χ2v) is 5.58. The molecule has 0 radical (unpaired) electrons. The second kappa shape index (κ2) is 6.58. The lowest BCUT2D eigenvalue weighted by Crippen LogP contribution is -3.13. The van der Waals surface area contributed by atoms with Crippen LogP contribution in [-0.2, 0) is 6.54 Å². The summed E-state index contributed by atoms with van der Waals surface area (Å²) in [5.41, 5.74) is 2.28. The standard InChI is InChI=1S/C17H19N3O2/c21-17(22)15-5-1-2-6-16(15)20-10-8-19(9-11-20)13-14-4-3-7-18-12-14/h1-7,12H,8-11,13H2,(H,21,22). The van der Waals surface area contributed by atoms with Crippen LogP contribution in [0.1, 0.15) is 15.9 Å². The van der Waals surface area contributed by atoms with E-state index >= 15 is 0 Å². The smallest absolute Gasteiger partial charge is 0.104 e. The highest BCUT2D eigenvalue weighted by atomic mass is 16.4. The Kier molecular flexibility index (Phi) is 4.34. The highest BCUT2D eigenvalue weighted by Gasteiger charge is 2.22. The summed E-state index contributed by atoms with van der Waals surface area (Å²) in [6, 6.07) is 11.1. The van der Waals surface area contributed by atoms with E-state index < -0.39 is 5.97 Å². The summed E-state index contributed by atoms with van der Waals surface area (Å²) in [5.74, 6) is -1.11. The summed E-state index contributed by atoms with van der Waals surface area (Å²) in [6.07, 6.45) is 3.69. The minimum atomic E-state index is -1.11. The Morgan fingerprint density at radius 2 is 1.95 bits per heavy atom. The first-order valence-corrected chi connectivity index (χ1v) is 7.52. The van der Waals surface area contributed by atoms with E-state index in [4.69, 9.17) is 0 Å². The van der Waals surface area contributed by atoms with Crippen molar-refractivity contribution in [3.63, 3.8) is 0 Å². The van der Waals surface area contributed by atoms with Gasteiger partial charge in [-0.2, -0.15) is 0 Å². The lowest BCUT2D eigenvalue weighted by Gasteiger charge is -2.34. The molecule has 0 spiro atoms. The summed E-state index contributed by atoms with van der Waals surface area (Å²) in [7, 11) is 0. The maximum absolute atomic E-state index is 11.2. The van der Waals surface area contributed by atoms with Gasteiger partial charge in [0.25, 0.3) is 0 Å². The molecule has 5 heteroatoms. The second-order valence-electron chi connectivity index (χ2n) is 5.58. The van der Waals surface area contributed by atoms with Crippen LogP contribution in [0, 0.1) is 0 Å². The molecule has 1 saturated heterocycles. The van der Waals surface area contributed by atoms with Gasteiger partial charge < -0.3 is 19.7 Å². The van der Waals surface area contributed by atoms with Gasteiger partial charge >= 0.3 is 0 Å². The Balaban J connectivity index is 1.64. The van der Waals surface area contributed by atoms with Gasteiger partial charge in [-0.25, -0.2) is 0 Å². The number of carboxylic acids is 1. The molecule has 1 aliphatic heterocycles. The molecule has 114 valence electrons. The quantitative estimate of drug-likeness (QED) is 0.815. The van der Waals surface area contributed by atoms with Gasteiger partial charge in [0, 0.05) is 29.2 Å². The lowest BCUT2D eigenvalue weighted by atomic mass is 10.1. The first-order valence-electron chi connectivity index (χ1n) is 7.52. The van der Waals surface area contributed by atoms with Gasteiger partial charge in [0.1, 0.15) is 6.54 Å². The van der Waals surface area contributed by atoms with Crippen LogP contribution in [0.25, 0.3) is 0 Å². The molecule has 22 heavy (non-hydrogen) atoms. The first kappa shape index (κ1) is 14.5. The zero-order valence-corrected chi connectivity index (χ0v) is 12.4. The molecular weight excluding hydrogens is 278 g/mol. The van der Waals surface area contributed by atoms with Crippen LogP contribution in [0.3, 0.4) is 0 Å². The van der Waals surface area contributed by atoms with E-state index in [1.807, 2.05) is 24.4 Å². The normalized spacial score (nSPS) is 15.7. The van der Waals surface area contributed by atoms with Gasteiger partial charge in [0.2, 0.25) is 0 Å². The number of pyridine rings is 1. The van der Waals surface area contributed by atoms with E-state index in [-0.39, 0.29) is 5.56 Å². The average Bonchev–Trinajstić information content (AvgIpc) is 2.56. The van der Waals surface area contributed by atoms with Crippen molar-refractivity contribution in [1.29, 1.82) is 0 Å². The molecule has 1 aliphatic rings. The molecule has 1 aromatic carbocycles. The fourth-order valence-corrected chi connectivity index (χ4v) is 2.95. The molecule has 0 amide bonds. The Morgan fingerprint density at radius 1 is 1.18 bits per heavy atom. The highest BCUT2D eigenvalue weighted by molar-refractivity contribution is 5.93. The Morgan fingerprint density at radius 3 is 2.64 bits per heavy atom. The molecule has 2 heterocycles. The number of carbonyl (C=O) groups is 1. The zero-order valence-electron chi connectivity index (χ0n) is 12.4. The van der Waals surface area contributed by atoms with E-state index in [9.17, 15) is 9.90 Å². The number of benzene rings is 1. The van der Waals surface area contributed by atoms with Crippen molar-refractivity contribution in [2.45, 2.75) is 6.54 Å². The van der Waals surface area contributed by atoms with Crippen molar-refractivity contribution in [1.82, 2.24) is 4.98 Å². The van der Waals surface area contributed by atoms with Gasteiger partial charge in [-0.1, -0.05) is 24.3 Å². The maximum Gasteiger partial charge on any atom is 0.104 e. The van der Waals surface area contributed by atoms with Crippen LogP contribution in [-0.4, -0.2) is 37.1 Å². The van der Waals surface area contributed by atoms with E-state index in [0.29, 0.717) is 0 Å². The van der Waals surface area contributed by atoms with Gasteiger partial charge in [-0.05, 0) is 12.1 Å². The third-order valence-electron chi connectivity index (χ3n) is 4.11. The van der Waals surface area contributed by atoms with E-state index in [1.54, 1.807) is 18.3 Å². The molecule has 3 rings (SSSR count). The van der Waals surface area contributed by atoms with Crippen LogP contribution in [0.2, 0.25) is 0 Å². The molecule has 1 aromatic heterocycles. The molecule has 2 aromatic rings. The van der Waals surface area contributed by atoms with Crippen LogP contribution in [0.5, 0.6) is 0 Å². The summed E-state index contributed by atoms with van der Waals surface area (Å²) in [6.45, 7) is 4.62. The van der Waals surface area contributed by atoms with Crippen molar-refractivity contribution in [2.24, 2.45) is 0 Å². The minimum absolute atomic E-state index is 0.276. The van der Waals surface area contributed by atoms with E-state index in [1.165, 1.54) is 10.5 Å². The number of hydrogen-bond acceptors (Lipinski definition) is 4. The van der Waals surface area contributed by atoms with Gasteiger partial charge in [-0.15, -0.1) is 0 Å². The first-order chi connectivity index (χ1) is 10.7. The van der Waals surface area contributed by atoms with Crippen molar-refractivity contribution >= 4 is 11.7 Å². The molecule has 5 nitrogen and oxygen atoms in total. The molecule has 1 N–H and O–H groups in total. The summed E-state index contributed by atoms with van der Waals surface area (Å²) in [5, 5.41) is 11.2. The van der Waals surface area contributed by atoms with Gasteiger partial charge in [-0.3, -0.25) is 4.98 Å². The predicted molar refractivity (Wildman–Crippen MR) is 81.6 cm³/mol. The third-order valence-corrected chi connectivity index (χ3v) is 4.11. The average molecular weight is 297 g/mol. The Bertz CT molecular complexity index is 637. The summed E-state index contributed by atoms with van der Waals surface area (Å²) >= 11 is 0. The molecule has 0 saturated carbocycles. The fourth-order valence-electron chi connectivity index (χ4n) is 2.95. The lowest BCUT2D eigenvalue weighted by molar-refractivity contribution is -0.914. The van der Waals surface area contributed by atoms with Crippen LogP contribution in [0.15, 0.2) is 48.8 Å². The number of carboxylic acid groups (broad SMARTS) is 1. The van der Waals surface area contributed by atoms with E-state index in [2.05, 4.69) is 16.0 Å². The van der Waals surface area contributed by atoms with Crippen LogP contribution in [0.4, 0.5) is 5.69 Å². The molecule has 0 bridgehead atoms. The van der Waals surface area contributed by atoms with E-state index in [0.717, 1.165) is 38.4 Å². The topological polar surface area (TPSA) is 60.7 Å². The van der Waals surface area contributed by atoms with Crippen LogP contribution >= 0.6 is 0 Å². The van der Waals surface area contributed by atoms with Crippen molar-refractivity contribution < 1.29 is 14.8 Å². The number of nitrogens with one attached hydrogen (secondary N) is 1. The van der Waals surface area contributed by atoms with Crippen molar-refractivity contribution in [2.75, 3.05) is 31.1 Å². The summed E-state index contributed by atoms with van der Waals surface area (Å²) < 4.78 is 0. The molecule has 0 atom stereocenters. The number of aromatic nitrogens is 1. The SMILES string of the molecule is O=C([O-])c1ccccc1N1CC[NH+](Cc2cccnc2)CC1. The maximum atomic E-state index is 11.2. The van der Waals surface area contributed by atoms with Gasteiger partial charge in [0.05, 0.1) is 32.1 Å². The Labute approximate surface area is 129 Å². The molecule has 1 fully saturated rings. The predicted octanol–water partition coefficient (Wildman–Crippen LogP) is -0.650. The summed E-state index contributed by atoms with van der Waals surface area (Å²) in [4.78, 5) is 19.0. The molecule has 0 unspecified atom stereocenters. The zero-order chi connectivity index (χ0) is 15.4. The number of carbonyl (C=O) groups excluding carboxylic acids is 1. The minimum Gasteiger partial charge on any atom is -0.545 e. The van der Waals surface area contributed by atoms with Crippen molar-refractivity contribution in [3.8, 4) is 0 Å². The number of piperazine rings is 1. The number of para-hydroxylation sites is 1. The monoisotopic (exact) mass is 297 g/mol. The highest BCUT2D eigenvalue weighted by Crippen LogP contribution is 2.19. The number of aromatic carboxylic acids is 1. The molecule has 0 aliphatic carbocycles. The fraction of sp³-hybridized carbons (Fsp3) is 0.294. The largest absolute Gasteiger partial charge is 0.545 e. The molecular formula is C17H19N3O2. The number of nitrogens with zero attached hydrogens (tertiary/aromatic N) is 2. The van der Waals surface area contributed by atoms with Crippen molar-refractivity contribution in [3.05, 3.63) is 59.9 Å². The number of quaternary nitrogens is 1. The number of hydrogen-bond donors (Lipinski definition) is 1. The number of rotatable bonds is 4. The van der Waals surface area contributed by atoms with Crippen LogP contribution < -0.4 is 14.9 Å². The third kappa shape index (κ3) is 3.26. The Hall–Kier alpha value is -2.40. The van der Waals surface area contributed by atoms with Gasteiger partial charge in [0.15, 0.2) is 0 Å².